The maximum atomic E-state index is 11.5. The van der Waals surface area contributed by atoms with E-state index >= 15 is 0 Å². The molecule has 0 aliphatic carbocycles. The van der Waals surface area contributed by atoms with E-state index in [1.807, 2.05) is 0 Å². The highest BCUT2D eigenvalue weighted by Gasteiger charge is 2.26. The highest BCUT2D eigenvalue weighted by Crippen LogP contribution is 2.32. The summed E-state index contributed by atoms with van der Waals surface area (Å²) in [5.74, 6) is 0. The first-order valence-electron chi connectivity index (χ1n) is 4.13. The molecule has 9 heteroatoms. The first-order chi connectivity index (χ1) is 7.37. The number of rotatable bonds is 2. The molecule has 0 atom stereocenters. The molecular weight excluding hydrogens is 272 g/mol. The van der Waals surface area contributed by atoms with E-state index < -0.39 is 20.0 Å². The summed E-state index contributed by atoms with van der Waals surface area (Å²) < 4.78 is 50.4. The van der Waals surface area contributed by atoms with Gasteiger partial charge < -0.3 is 0 Å². The SMILES string of the molecule is CNS(=O)(=O)c1cc2c(s1)S(=O)(=O)NC=C2. The van der Waals surface area contributed by atoms with Crippen molar-refractivity contribution in [3.05, 3.63) is 17.8 Å². The molecule has 0 spiro atoms. The van der Waals surface area contributed by atoms with Gasteiger partial charge in [-0.2, -0.15) is 0 Å². The molecule has 0 saturated heterocycles. The molecule has 0 bridgehead atoms. The third kappa shape index (κ3) is 1.75. The molecule has 0 fully saturated rings. The minimum atomic E-state index is -3.60. The van der Waals surface area contributed by atoms with E-state index in [0.717, 1.165) is 11.3 Å². The van der Waals surface area contributed by atoms with E-state index in [9.17, 15) is 16.8 Å². The second-order valence-electron chi connectivity index (χ2n) is 2.97. The van der Waals surface area contributed by atoms with Crippen molar-refractivity contribution in [1.82, 2.24) is 9.44 Å². The molecule has 2 N–H and O–H groups in total. The van der Waals surface area contributed by atoms with Gasteiger partial charge in [-0.3, -0.25) is 4.72 Å². The van der Waals surface area contributed by atoms with Crippen LogP contribution in [0.2, 0.25) is 0 Å². The van der Waals surface area contributed by atoms with Crippen molar-refractivity contribution in [1.29, 1.82) is 0 Å². The van der Waals surface area contributed by atoms with E-state index in [-0.39, 0.29) is 8.42 Å². The fourth-order valence-electron chi connectivity index (χ4n) is 1.19. The fourth-order valence-corrected chi connectivity index (χ4v) is 5.03. The molecule has 2 rings (SSSR count). The van der Waals surface area contributed by atoms with Gasteiger partial charge in [-0.15, -0.1) is 11.3 Å². The van der Waals surface area contributed by atoms with Crippen LogP contribution in [0.3, 0.4) is 0 Å². The molecule has 1 aromatic heterocycles. The summed E-state index contributed by atoms with van der Waals surface area (Å²) in [5, 5.41) is 0. The van der Waals surface area contributed by atoms with Gasteiger partial charge >= 0.3 is 0 Å². The molecule has 16 heavy (non-hydrogen) atoms. The second kappa shape index (κ2) is 3.55. The Kier molecular flexibility index (Phi) is 2.57. The van der Waals surface area contributed by atoms with E-state index in [0.29, 0.717) is 5.56 Å². The van der Waals surface area contributed by atoms with Crippen molar-refractivity contribution >= 4 is 37.5 Å². The van der Waals surface area contributed by atoms with E-state index in [2.05, 4.69) is 9.44 Å². The highest BCUT2D eigenvalue weighted by atomic mass is 32.3. The molecule has 1 aromatic rings. The largest absolute Gasteiger partial charge is 0.286 e. The van der Waals surface area contributed by atoms with E-state index in [1.54, 1.807) is 0 Å². The van der Waals surface area contributed by atoms with Crippen molar-refractivity contribution < 1.29 is 16.8 Å². The quantitative estimate of drug-likeness (QED) is 0.792. The summed E-state index contributed by atoms with van der Waals surface area (Å²) in [5.41, 5.74) is 0.387. The van der Waals surface area contributed by atoms with Crippen LogP contribution in [-0.2, 0) is 20.0 Å². The third-order valence-corrected chi connectivity index (χ3v) is 6.88. The van der Waals surface area contributed by atoms with Crippen molar-refractivity contribution in [2.45, 2.75) is 8.42 Å². The van der Waals surface area contributed by atoms with Crippen LogP contribution in [0.4, 0.5) is 0 Å². The molecule has 0 amide bonds. The van der Waals surface area contributed by atoms with Gasteiger partial charge in [0.25, 0.3) is 10.0 Å². The monoisotopic (exact) mass is 280 g/mol. The summed E-state index contributed by atoms with van der Waals surface area (Å²) in [4.78, 5) is 0. The lowest BCUT2D eigenvalue weighted by Crippen LogP contribution is -2.19. The van der Waals surface area contributed by atoms with E-state index in [4.69, 9.17) is 0 Å². The van der Waals surface area contributed by atoms with Crippen LogP contribution in [-0.4, -0.2) is 23.9 Å². The van der Waals surface area contributed by atoms with Crippen LogP contribution in [0.15, 0.2) is 20.7 Å². The zero-order valence-corrected chi connectivity index (χ0v) is 10.5. The normalized spacial score (nSPS) is 17.8. The van der Waals surface area contributed by atoms with Crippen LogP contribution >= 0.6 is 11.3 Å². The van der Waals surface area contributed by atoms with Crippen LogP contribution in [0, 0.1) is 0 Å². The highest BCUT2D eigenvalue weighted by molar-refractivity contribution is 7.94. The lowest BCUT2D eigenvalue weighted by atomic mass is 10.3. The van der Waals surface area contributed by atoms with Gasteiger partial charge in [-0.05, 0) is 19.2 Å². The van der Waals surface area contributed by atoms with Crippen LogP contribution in [0.1, 0.15) is 5.56 Å². The summed E-state index contributed by atoms with van der Waals surface area (Å²) in [7, 11) is -5.93. The average molecular weight is 280 g/mol. The van der Waals surface area contributed by atoms with Gasteiger partial charge in [0.15, 0.2) is 0 Å². The Balaban J connectivity index is 2.67. The van der Waals surface area contributed by atoms with Crippen LogP contribution in [0.25, 0.3) is 6.08 Å². The lowest BCUT2D eigenvalue weighted by Gasteiger charge is -2.06. The molecule has 6 nitrogen and oxygen atoms in total. The Hall–Kier alpha value is -0.900. The van der Waals surface area contributed by atoms with Gasteiger partial charge in [-0.1, -0.05) is 0 Å². The first-order valence-corrected chi connectivity index (χ1v) is 7.91. The predicted molar refractivity (Wildman–Crippen MR) is 59.9 cm³/mol. The molecule has 0 saturated carbocycles. The Morgan fingerprint density at radius 2 is 2.12 bits per heavy atom. The molecule has 2 heterocycles. The van der Waals surface area contributed by atoms with Crippen molar-refractivity contribution in [2.75, 3.05) is 7.05 Å². The summed E-state index contributed by atoms with van der Waals surface area (Å²) >= 11 is 0.722. The summed E-state index contributed by atoms with van der Waals surface area (Å²) in [6.45, 7) is 0. The number of nitrogens with one attached hydrogen (secondary N) is 2. The second-order valence-corrected chi connectivity index (χ2v) is 8.05. The fraction of sp³-hybridized carbons (Fsp3) is 0.143. The van der Waals surface area contributed by atoms with Crippen LogP contribution < -0.4 is 9.44 Å². The number of sulfonamides is 2. The molecule has 0 radical (unpaired) electrons. The predicted octanol–water partition coefficient (Wildman–Crippen LogP) is -0.0812. The van der Waals surface area contributed by atoms with Crippen molar-refractivity contribution in [3.8, 4) is 0 Å². The van der Waals surface area contributed by atoms with E-state index in [1.165, 1.54) is 25.4 Å². The summed E-state index contributed by atoms with van der Waals surface area (Å²) in [6, 6.07) is 1.33. The standard InChI is InChI=1S/C7H8N2O4S3/c1-8-15(10,11)6-4-5-2-3-9-16(12,13)7(5)14-6/h2-4,8-9H,1H3. The molecule has 1 aliphatic rings. The minimum absolute atomic E-state index is 0.0167. The number of thiophene rings is 1. The zero-order valence-electron chi connectivity index (χ0n) is 8.09. The Bertz CT molecular complexity index is 654. The average Bonchev–Trinajstić information content (AvgIpc) is 2.63. The van der Waals surface area contributed by atoms with Gasteiger partial charge in [0, 0.05) is 11.8 Å². The molecule has 1 aliphatic heterocycles. The number of hydrogen-bond acceptors (Lipinski definition) is 5. The number of fused-ring (bicyclic) bond motifs is 1. The third-order valence-electron chi connectivity index (χ3n) is 1.97. The maximum Gasteiger partial charge on any atom is 0.271 e. The van der Waals surface area contributed by atoms with Crippen LogP contribution in [0.5, 0.6) is 0 Å². The molecule has 0 unspecified atom stereocenters. The van der Waals surface area contributed by atoms with Gasteiger partial charge in [0.2, 0.25) is 10.0 Å². The van der Waals surface area contributed by atoms with Crippen molar-refractivity contribution in [3.63, 3.8) is 0 Å². The van der Waals surface area contributed by atoms with Crippen molar-refractivity contribution in [2.24, 2.45) is 0 Å². The number of hydrogen-bond donors (Lipinski definition) is 2. The summed E-state index contributed by atoms with van der Waals surface area (Å²) in [6.07, 6.45) is 2.78. The molecular formula is C7H8N2O4S3. The van der Waals surface area contributed by atoms with Gasteiger partial charge in [-0.25, -0.2) is 21.6 Å². The Labute approximate surface area is 97.1 Å². The Morgan fingerprint density at radius 1 is 1.44 bits per heavy atom. The topological polar surface area (TPSA) is 92.3 Å². The zero-order chi connectivity index (χ0) is 12.0. The molecule has 88 valence electrons. The first kappa shape index (κ1) is 11.6. The smallest absolute Gasteiger partial charge is 0.271 e. The van der Waals surface area contributed by atoms with Gasteiger partial charge in [0.05, 0.1) is 0 Å². The lowest BCUT2D eigenvalue weighted by molar-refractivity contribution is 0.589. The van der Waals surface area contributed by atoms with Gasteiger partial charge in [0.1, 0.15) is 8.42 Å². The maximum absolute atomic E-state index is 11.5. The Morgan fingerprint density at radius 3 is 2.69 bits per heavy atom. The minimum Gasteiger partial charge on any atom is -0.286 e. The molecule has 0 aromatic carbocycles.